The highest BCUT2D eigenvalue weighted by molar-refractivity contribution is 5.88. The Balaban J connectivity index is 1.65. The first-order valence-corrected chi connectivity index (χ1v) is 8.05. The molecule has 1 saturated heterocycles. The summed E-state index contributed by atoms with van der Waals surface area (Å²) in [6, 6.07) is 9.28. The summed E-state index contributed by atoms with van der Waals surface area (Å²) in [5.74, 6) is 1.42. The first-order valence-electron chi connectivity index (χ1n) is 8.05. The summed E-state index contributed by atoms with van der Waals surface area (Å²) in [5.41, 5.74) is 1.61. The maximum absolute atomic E-state index is 11.0. The van der Waals surface area contributed by atoms with Crippen LogP contribution in [0.15, 0.2) is 36.7 Å². The lowest BCUT2D eigenvalue weighted by Crippen LogP contribution is -2.46. The fourth-order valence-electron chi connectivity index (χ4n) is 2.63. The van der Waals surface area contributed by atoms with Gasteiger partial charge < -0.3 is 20.4 Å². The molecule has 0 radical (unpaired) electrons. The van der Waals surface area contributed by atoms with E-state index in [1.807, 2.05) is 30.3 Å². The lowest BCUT2D eigenvalue weighted by molar-refractivity contribution is -0.118. The molecule has 1 aromatic heterocycles. The Kier molecular flexibility index (Phi) is 5.08. The molecule has 0 bridgehead atoms. The zero-order valence-electron chi connectivity index (χ0n) is 14.0. The van der Waals surface area contributed by atoms with E-state index in [9.17, 15) is 9.59 Å². The number of hydrogen-bond acceptors (Lipinski definition) is 6. The topological polar surface area (TPSA) is 90.5 Å². The van der Waals surface area contributed by atoms with E-state index in [-0.39, 0.29) is 5.91 Å². The van der Waals surface area contributed by atoms with Crippen molar-refractivity contribution in [3.63, 3.8) is 0 Å². The van der Waals surface area contributed by atoms with Crippen LogP contribution in [-0.2, 0) is 9.59 Å². The van der Waals surface area contributed by atoms with Crippen molar-refractivity contribution < 1.29 is 9.59 Å². The van der Waals surface area contributed by atoms with Crippen molar-refractivity contribution in [3.05, 3.63) is 36.7 Å². The number of amides is 2. The number of rotatable bonds is 5. The quantitative estimate of drug-likeness (QED) is 0.801. The lowest BCUT2D eigenvalue weighted by Gasteiger charge is -2.33. The van der Waals surface area contributed by atoms with Crippen LogP contribution >= 0.6 is 0 Å². The molecule has 130 valence electrons. The number of benzene rings is 1. The number of nitrogens with one attached hydrogen (secondary N) is 2. The SMILES string of the molecule is CC(=O)Nc1ccc(Nc2cc(N3CCN(C=O)CC3)ncn2)cc1. The Morgan fingerprint density at radius 3 is 2.40 bits per heavy atom. The number of aromatic nitrogens is 2. The summed E-state index contributed by atoms with van der Waals surface area (Å²) in [4.78, 5) is 34.3. The maximum atomic E-state index is 11.0. The predicted molar refractivity (Wildman–Crippen MR) is 95.9 cm³/mol. The van der Waals surface area contributed by atoms with Crippen LogP contribution in [0.4, 0.5) is 23.0 Å². The average Bonchev–Trinajstić information content (AvgIpc) is 2.63. The average molecular weight is 340 g/mol. The monoisotopic (exact) mass is 340 g/mol. The van der Waals surface area contributed by atoms with Crippen molar-refractivity contribution in [1.82, 2.24) is 14.9 Å². The van der Waals surface area contributed by atoms with Gasteiger partial charge in [0.05, 0.1) is 0 Å². The van der Waals surface area contributed by atoms with E-state index < -0.39 is 0 Å². The molecule has 8 heteroatoms. The summed E-state index contributed by atoms with van der Waals surface area (Å²) < 4.78 is 0. The van der Waals surface area contributed by atoms with Gasteiger partial charge in [0, 0.05) is 50.5 Å². The fraction of sp³-hybridized carbons (Fsp3) is 0.294. The molecular weight excluding hydrogens is 320 g/mol. The Bertz CT molecular complexity index is 741. The first-order chi connectivity index (χ1) is 12.1. The molecule has 8 nitrogen and oxygen atoms in total. The largest absolute Gasteiger partial charge is 0.353 e. The van der Waals surface area contributed by atoms with Crippen LogP contribution in [-0.4, -0.2) is 53.4 Å². The van der Waals surface area contributed by atoms with Crippen LogP contribution < -0.4 is 15.5 Å². The van der Waals surface area contributed by atoms with Crippen molar-refractivity contribution in [2.45, 2.75) is 6.92 Å². The van der Waals surface area contributed by atoms with Crippen LogP contribution in [0.2, 0.25) is 0 Å². The highest BCUT2D eigenvalue weighted by Crippen LogP contribution is 2.21. The van der Waals surface area contributed by atoms with Crippen molar-refractivity contribution in [2.24, 2.45) is 0 Å². The maximum Gasteiger partial charge on any atom is 0.221 e. The number of carbonyl (C=O) groups excluding carboxylic acids is 2. The molecule has 0 spiro atoms. The Hall–Kier alpha value is -3.16. The Morgan fingerprint density at radius 1 is 1.08 bits per heavy atom. The molecule has 0 unspecified atom stereocenters. The minimum atomic E-state index is -0.101. The zero-order chi connectivity index (χ0) is 17.6. The number of nitrogens with zero attached hydrogens (tertiary/aromatic N) is 4. The Morgan fingerprint density at radius 2 is 1.76 bits per heavy atom. The van der Waals surface area contributed by atoms with E-state index in [1.165, 1.54) is 13.3 Å². The smallest absolute Gasteiger partial charge is 0.221 e. The molecule has 0 saturated carbocycles. The van der Waals surface area contributed by atoms with Crippen LogP contribution in [0.3, 0.4) is 0 Å². The molecule has 0 atom stereocenters. The van der Waals surface area contributed by atoms with E-state index in [0.29, 0.717) is 18.9 Å². The highest BCUT2D eigenvalue weighted by Gasteiger charge is 2.17. The molecule has 25 heavy (non-hydrogen) atoms. The fourth-order valence-corrected chi connectivity index (χ4v) is 2.63. The number of anilines is 4. The second kappa shape index (κ2) is 7.61. The third-order valence-electron chi connectivity index (χ3n) is 3.92. The summed E-state index contributed by atoms with van der Waals surface area (Å²) in [6.45, 7) is 4.37. The van der Waals surface area contributed by atoms with E-state index in [0.717, 1.165) is 36.7 Å². The molecule has 3 rings (SSSR count). The molecule has 2 N–H and O–H groups in total. The second-order valence-electron chi connectivity index (χ2n) is 5.77. The van der Waals surface area contributed by atoms with E-state index in [4.69, 9.17) is 0 Å². The van der Waals surface area contributed by atoms with Gasteiger partial charge in [-0.05, 0) is 24.3 Å². The van der Waals surface area contributed by atoms with Crippen LogP contribution in [0.1, 0.15) is 6.92 Å². The van der Waals surface area contributed by atoms with Crippen LogP contribution in [0, 0.1) is 0 Å². The van der Waals surface area contributed by atoms with Gasteiger partial charge in [0.2, 0.25) is 12.3 Å². The number of carbonyl (C=O) groups is 2. The van der Waals surface area contributed by atoms with Gasteiger partial charge in [-0.2, -0.15) is 0 Å². The minimum Gasteiger partial charge on any atom is -0.353 e. The van der Waals surface area contributed by atoms with Gasteiger partial charge in [-0.1, -0.05) is 0 Å². The standard InChI is InChI=1S/C17H20N6O2/c1-13(25)20-14-2-4-15(5-3-14)21-16-10-17(19-11-18-16)23-8-6-22(12-24)7-9-23/h2-5,10-12H,6-9H2,1H3,(H,20,25)(H,18,19,21). The molecule has 1 aromatic carbocycles. The van der Waals surface area contributed by atoms with E-state index >= 15 is 0 Å². The van der Waals surface area contributed by atoms with Crippen LogP contribution in [0.5, 0.6) is 0 Å². The third-order valence-corrected chi connectivity index (χ3v) is 3.92. The van der Waals surface area contributed by atoms with Gasteiger partial charge in [-0.25, -0.2) is 9.97 Å². The van der Waals surface area contributed by atoms with Gasteiger partial charge in [0.25, 0.3) is 0 Å². The van der Waals surface area contributed by atoms with Gasteiger partial charge in [-0.3, -0.25) is 9.59 Å². The normalized spacial score (nSPS) is 14.1. The molecule has 1 aliphatic heterocycles. The lowest BCUT2D eigenvalue weighted by atomic mass is 10.2. The number of piperazine rings is 1. The first kappa shape index (κ1) is 16.7. The van der Waals surface area contributed by atoms with Crippen LogP contribution in [0.25, 0.3) is 0 Å². The summed E-state index contributed by atoms with van der Waals surface area (Å²) >= 11 is 0. The Labute approximate surface area is 145 Å². The summed E-state index contributed by atoms with van der Waals surface area (Å²) in [7, 11) is 0. The molecule has 1 aliphatic rings. The molecule has 2 amide bonds. The van der Waals surface area contributed by atoms with Crippen molar-refractivity contribution in [2.75, 3.05) is 41.7 Å². The van der Waals surface area contributed by atoms with Crippen molar-refractivity contribution in [1.29, 1.82) is 0 Å². The third kappa shape index (κ3) is 4.43. The molecule has 0 aliphatic carbocycles. The van der Waals surface area contributed by atoms with Crippen molar-refractivity contribution >= 4 is 35.3 Å². The van der Waals surface area contributed by atoms with Gasteiger partial charge >= 0.3 is 0 Å². The molecule has 1 fully saturated rings. The highest BCUT2D eigenvalue weighted by atomic mass is 16.1. The summed E-state index contributed by atoms with van der Waals surface area (Å²) in [5, 5.41) is 5.96. The van der Waals surface area contributed by atoms with Gasteiger partial charge in [-0.15, -0.1) is 0 Å². The van der Waals surface area contributed by atoms with Gasteiger partial charge in [0.15, 0.2) is 0 Å². The zero-order valence-corrected chi connectivity index (χ0v) is 14.0. The molecule has 2 heterocycles. The van der Waals surface area contributed by atoms with Crippen molar-refractivity contribution in [3.8, 4) is 0 Å². The van der Waals surface area contributed by atoms with E-state index in [2.05, 4.69) is 25.5 Å². The molecule has 2 aromatic rings. The van der Waals surface area contributed by atoms with Gasteiger partial charge in [0.1, 0.15) is 18.0 Å². The summed E-state index contributed by atoms with van der Waals surface area (Å²) in [6.07, 6.45) is 2.41. The second-order valence-corrected chi connectivity index (χ2v) is 5.77. The minimum absolute atomic E-state index is 0.101. The van der Waals surface area contributed by atoms with E-state index in [1.54, 1.807) is 4.90 Å². The number of hydrogen-bond donors (Lipinski definition) is 2. The predicted octanol–water partition coefficient (Wildman–Crippen LogP) is 1.46. The molecular formula is C17H20N6O2.